The molecular formula is C3H4N2S2. The molecule has 0 fully saturated rings. The highest BCUT2D eigenvalue weighted by atomic mass is 32.2. The maximum Gasteiger partial charge on any atom is 0.130 e. The van der Waals surface area contributed by atoms with E-state index in [4.69, 9.17) is 0 Å². The smallest absolute Gasteiger partial charge is 0.130 e. The molecule has 0 aromatic carbocycles. The van der Waals surface area contributed by atoms with Crippen LogP contribution in [0.15, 0.2) is 11.2 Å². The first-order valence-corrected chi connectivity index (χ1v) is 3.70. The van der Waals surface area contributed by atoms with Crippen molar-refractivity contribution in [2.24, 2.45) is 0 Å². The highest BCUT2D eigenvalue weighted by molar-refractivity contribution is 7.98. The van der Waals surface area contributed by atoms with Gasteiger partial charge in [0.2, 0.25) is 0 Å². The van der Waals surface area contributed by atoms with Gasteiger partial charge in [-0.2, -0.15) is 8.75 Å². The van der Waals surface area contributed by atoms with Crippen LogP contribution in [0.25, 0.3) is 0 Å². The lowest BCUT2D eigenvalue weighted by Crippen LogP contribution is -1.58. The van der Waals surface area contributed by atoms with E-state index in [1.807, 2.05) is 6.26 Å². The minimum absolute atomic E-state index is 1.00. The molecule has 0 amide bonds. The number of nitrogens with zero attached hydrogens (tertiary/aromatic N) is 2. The number of aromatic nitrogens is 2. The SMILES string of the molecule is CSc1cnsn1. The maximum absolute atomic E-state index is 3.93. The van der Waals surface area contributed by atoms with Gasteiger partial charge in [-0.05, 0) is 6.26 Å². The lowest BCUT2D eigenvalue weighted by molar-refractivity contribution is 1.27. The van der Waals surface area contributed by atoms with Crippen molar-refractivity contribution in [1.29, 1.82) is 0 Å². The molecule has 2 nitrogen and oxygen atoms in total. The van der Waals surface area contributed by atoms with Crippen molar-refractivity contribution in [2.75, 3.05) is 6.26 Å². The van der Waals surface area contributed by atoms with Gasteiger partial charge in [0.1, 0.15) is 5.03 Å². The standard InChI is InChI=1S/C3H4N2S2/c1-6-3-2-4-7-5-3/h2H,1H3. The molecule has 0 radical (unpaired) electrons. The van der Waals surface area contributed by atoms with E-state index < -0.39 is 0 Å². The summed E-state index contributed by atoms with van der Waals surface area (Å²) in [5.74, 6) is 0. The second-order valence-corrected chi connectivity index (χ2v) is 2.33. The Morgan fingerprint density at radius 2 is 2.71 bits per heavy atom. The van der Waals surface area contributed by atoms with Crippen LogP contribution in [0, 0.1) is 0 Å². The van der Waals surface area contributed by atoms with Crippen LogP contribution in [-0.2, 0) is 0 Å². The third-order valence-electron chi connectivity index (χ3n) is 0.550. The Morgan fingerprint density at radius 1 is 1.86 bits per heavy atom. The van der Waals surface area contributed by atoms with Crippen molar-refractivity contribution in [3.8, 4) is 0 Å². The Kier molecular flexibility index (Phi) is 1.64. The number of hydrogen-bond acceptors (Lipinski definition) is 4. The Morgan fingerprint density at radius 3 is 3.00 bits per heavy atom. The summed E-state index contributed by atoms with van der Waals surface area (Å²) in [6.45, 7) is 0. The van der Waals surface area contributed by atoms with E-state index in [-0.39, 0.29) is 0 Å². The summed E-state index contributed by atoms with van der Waals surface area (Å²) < 4.78 is 7.73. The zero-order valence-corrected chi connectivity index (χ0v) is 5.42. The molecule has 0 atom stereocenters. The first kappa shape index (κ1) is 5.05. The fourth-order valence-electron chi connectivity index (χ4n) is 0.246. The van der Waals surface area contributed by atoms with E-state index in [0.717, 1.165) is 5.03 Å². The van der Waals surface area contributed by atoms with Crippen LogP contribution in [0.3, 0.4) is 0 Å². The van der Waals surface area contributed by atoms with Crippen LogP contribution in [0.1, 0.15) is 0 Å². The lowest BCUT2D eigenvalue weighted by Gasteiger charge is -1.75. The number of hydrogen-bond donors (Lipinski definition) is 0. The van der Waals surface area contributed by atoms with Crippen LogP contribution in [0.4, 0.5) is 0 Å². The summed E-state index contributed by atoms with van der Waals surface area (Å²) in [5.41, 5.74) is 0. The van der Waals surface area contributed by atoms with Crippen molar-refractivity contribution in [3.63, 3.8) is 0 Å². The van der Waals surface area contributed by atoms with E-state index in [1.165, 1.54) is 11.7 Å². The molecule has 1 aromatic rings. The van der Waals surface area contributed by atoms with Gasteiger partial charge in [0.05, 0.1) is 17.9 Å². The lowest BCUT2D eigenvalue weighted by atomic mass is 11.0. The minimum Gasteiger partial charge on any atom is -0.180 e. The fraction of sp³-hybridized carbons (Fsp3) is 0.333. The van der Waals surface area contributed by atoms with Gasteiger partial charge in [0.15, 0.2) is 0 Å². The Hall–Kier alpha value is -0.0900. The molecule has 0 aliphatic heterocycles. The van der Waals surface area contributed by atoms with Crippen molar-refractivity contribution in [3.05, 3.63) is 6.20 Å². The highest BCUT2D eigenvalue weighted by Gasteiger charge is 1.86. The zero-order valence-electron chi connectivity index (χ0n) is 3.79. The topological polar surface area (TPSA) is 25.8 Å². The third-order valence-corrected chi connectivity index (χ3v) is 1.76. The van der Waals surface area contributed by atoms with Crippen molar-refractivity contribution < 1.29 is 0 Å². The van der Waals surface area contributed by atoms with Crippen LogP contribution >= 0.6 is 23.5 Å². The number of thioether (sulfide) groups is 1. The van der Waals surface area contributed by atoms with Gasteiger partial charge in [0.25, 0.3) is 0 Å². The quantitative estimate of drug-likeness (QED) is 0.538. The van der Waals surface area contributed by atoms with Crippen molar-refractivity contribution in [1.82, 2.24) is 8.75 Å². The normalized spacial score (nSPS) is 9.29. The van der Waals surface area contributed by atoms with Crippen LogP contribution in [0.2, 0.25) is 0 Å². The minimum atomic E-state index is 1.00. The molecule has 7 heavy (non-hydrogen) atoms. The van der Waals surface area contributed by atoms with E-state index in [2.05, 4.69) is 8.75 Å². The predicted molar refractivity (Wildman–Crippen MR) is 31.7 cm³/mol. The van der Waals surface area contributed by atoms with Gasteiger partial charge >= 0.3 is 0 Å². The first-order valence-electron chi connectivity index (χ1n) is 1.75. The average molecular weight is 132 g/mol. The third kappa shape index (κ3) is 1.14. The molecule has 0 N–H and O–H groups in total. The van der Waals surface area contributed by atoms with Gasteiger partial charge < -0.3 is 0 Å². The highest BCUT2D eigenvalue weighted by Crippen LogP contribution is 2.08. The monoisotopic (exact) mass is 132 g/mol. The average Bonchev–Trinajstić information content (AvgIpc) is 2.14. The molecule has 0 saturated carbocycles. The second kappa shape index (κ2) is 2.28. The van der Waals surface area contributed by atoms with Gasteiger partial charge in [-0.1, -0.05) is 0 Å². The summed E-state index contributed by atoms with van der Waals surface area (Å²) >= 11 is 2.86. The Balaban J connectivity index is 2.76. The molecule has 0 saturated heterocycles. The predicted octanol–water partition coefficient (Wildman–Crippen LogP) is 1.26. The van der Waals surface area contributed by atoms with Gasteiger partial charge in [-0.25, -0.2) is 0 Å². The van der Waals surface area contributed by atoms with Crippen LogP contribution < -0.4 is 0 Å². The molecule has 0 bridgehead atoms. The molecule has 1 heterocycles. The fourth-order valence-corrected chi connectivity index (χ4v) is 1.19. The molecule has 1 rings (SSSR count). The number of rotatable bonds is 1. The summed E-state index contributed by atoms with van der Waals surface area (Å²) in [7, 11) is 0. The van der Waals surface area contributed by atoms with E-state index in [1.54, 1.807) is 18.0 Å². The summed E-state index contributed by atoms with van der Waals surface area (Å²) in [6, 6.07) is 0. The zero-order chi connectivity index (χ0) is 5.11. The van der Waals surface area contributed by atoms with Gasteiger partial charge in [-0.3, -0.25) is 0 Å². The Labute approximate surface area is 50.3 Å². The van der Waals surface area contributed by atoms with E-state index in [9.17, 15) is 0 Å². The molecule has 0 unspecified atom stereocenters. The molecule has 0 spiro atoms. The van der Waals surface area contributed by atoms with Crippen molar-refractivity contribution >= 4 is 23.5 Å². The summed E-state index contributed by atoms with van der Waals surface area (Å²) in [5, 5.41) is 1.00. The van der Waals surface area contributed by atoms with Crippen LogP contribution in [0.5, 0.6) is 0 Å². The van der Waals surface area contributed by atoms with E-state index >= 15 is 0 Å². The first-order chi connectivity index (χ1) is 3.43. The molecule has 0 aliphatic carbocycles. The molecule has 4 heteroatoms. The Bertz CT molecular complexity index is 125. The van der Waals surface area contributed by atoms with Gasteiger partial charge in [0, 0.05) is 0 Å². The van der Waals surface area contributed by atoms with Gasteiger partial charge in [-0.15, -0.1) is 11.8 Å². The molecule has 1 aromatic heterocycles. The summed E-state index contributed by atoms with van der Waals surface area (Å²) in [6.07, 6.45) is 3.74. The van der Waals surface area contributed by atoms with Crippen molar-refractivity contribution in [2.45, 2.75) is 5.03 Å². The molecule has 0 aliphatic rings. The second-order valence-electron chi connectivity index (χ2n) is 0.950. The molecule has 38 valence electrons. The largest absolute Gasteiger partial charge is 0.180 e. The molecular weight excluding hydrogens is 128 g/mol. The van der Waals surface area contributed by atoms with Crippen LogP contribution in [-0.4, -0.2) is 15.0 Å². The van der Waals surface area contributed by atoms with E-state index in [0.29, 0.717) is 0 Å². The summed E-state index contributed by atoms with van der Waals surface area (Å²) in [4.78, 5) is 0. The maximum atomic E-state index is 3.93.